The van der Waals surface area contributed by atoms with Crippen molar-refractivity contribution in [1.29, 1.82) is 5.26 Å². The summed E-state index contributed by atoms with van der Waals surface area (Å²) in [6, 6.07) is 9.00. The van der Waals surface area contributed by atoms with Crippen molar-refractivity contribution >= 4 is 29.1 Å². The van der Waals surface area contributed by atoms with E-state index in [2.05, 4.69) is 20.2 Å². The maximum absolute atomic E-state index is 12.5. The van der Waals surface area contributed by atoms with Gasteiger partial charge in [-0.05, 0) is 30.7 Å². The number of aromatic nitrogens is 2. The van der Waals surface area contributed by atoms with Gasteiger partial charge in [0, 0.05) is 55.5 Å². The molecule has 8 heteroatoms. The van der Waals surface area contributed by atoms with E-state index >= 15 is 0 Å². The zero-order valence-electron chi connectivity index (χ0n) is 14.9. The van der Waals surface area contributed by atoms with Crippen molar-refractivity contribution in [2.75, 3.05) is 36.4 Å². The van der Waals surface area contributed by atoms with Gasteiger partial charge in [-0.15, -0.1) is 0 Å². The Kier molecular flexibility index (Phi) is 5.89. The normalized spacial score (nSPS) is 14.6. The third kappa shape index (κ3) is 4.74. The quantitative estimate of drug-likeness (QED) is 0.646. The average Bonchev–Trinajstić information content (AvgIpc) is 2.70. The number of carbonyl (C=O) groups excluding carboxylic acids is 1. The number of hydrogen-bond acceptors (Lipinski definition) is 6. The van der Waals surface area contributed by atoms with E-state index < -0.39 is 5.91 Å². The van der Waals surface area contributed by atoms with E-state index in [1.807, 2.05) is 24.0 Å². The second-order valence-corrected chi connectivity index (χ2v) is 6.58. The molecule has 1 amide bonds. The zero-order valence-corrected chi connectivity index (χ0v) is 15.6. The van der Waals surface area contributed by atoms with Crippen LogP contribution in [-0.4, -0.2) is 47.0 Å². The molecule has 0 saturated carbocycles. The molecule has 1 aliphatic heterocycles. The average molecular weight is 383 g/mol. The minimum atomic E-state index is -0.448. The van der Waals surface area contributed by atoms with Gasteiger partial charge in [-0.25, -0.2) is 9.97 Å². The second kappa shape index (κ2) is 8.52. The molecule has 0 radical (unpaired) electrons. The smallest absolute Gasteiger partial charge is 0.267 e. The summed E-state index contributed by atoms with van der Waals surface area (Å²) in [6.45, 7) is 4.65. The summed E-state index contributed by atoms with van der Waals surface area (Å²) < 4.78 is 0. The van der Waals surface area contributed by atoms with Gasteiger partial charge in [0.2, 0.25) is 5.95 Å². The summed E-state index contributed by atoms with van der Waals surface area (Å²) >= 11 is 5.98. The SMILES string of the molecule is Cc1ccc(Cl)cc1NC(=O)/C(C#N)=C\N1CCN(c2ncccn2)CC1. The summed E-state index contributed by atoms with van der Waals surface area (Å²) in [6.07, 6.45) is 5.04. The van der Waals surface area contributed by atoms with Crippen LogP contribution in [-0.2, 0) is 4.79 Å². The van der Waals surface area contributed by atoms with Gasteiger partial charge >= 0.3 is 0 Å². The minimum Gasteiger partial charge on any atom is -0.373 e. The first-order valence-electron chi connectivity index (χ1n) is 8.52. The predicted octanol–water partition coefficient (Wildman–Crippen LogP) is 2.61. The van der Waals surface area contributed by atoms with E-state index in [0.717, 1.165) is 5.56 Å². The molecule has 0 spiro atoms. The molecular formula is C19H19ClN6O. The number of nitrogens with one attached hydrogen (secondary N) is 1. The number of carbonyl (C=O) groups is 1. The highest BCUT2D eigenvalue weighted by atomic mass is 35.5. The van der Waals surface area contributed by atoms with Crippen LogP contribution in [0.25, 0.3) is 0 Å². The molecule has 1 aliphatic rings. The Morgan fingerprint density at radius 1 is 1.26 bits per heavy atom. The fourth-order valence-electron chi connectivity index (χ4n) is 2.74. The molecular weight excluding hydrogens is 364 g/mol. The molecule has 1 N–H and O–H groups in total. The Morgan fingerprint density at radius 3 is 2.63 bits per heavy atom. The van der Waals surface area contributed by atoms with Gasteiger partial charge in [-0.3, -0.25) is 4.79 Å². The molecule has 0 atom stereocenters. The lowest BCUT2D eigenvalue weighted by Crippen LogP contribution is -2.45. The first kappa shape index (κ1) is 18.7. The van der Waals surface area contributed by atoms with Crippen molar-refractivity contribution in [3.05, 3.63) is 59.0 Å². The van der Waals surface area contributed by atoms with Crippen LogP contribution >= 0.6 is 11.6 Å². The minimum absolute atomic E-state index is 0.0544. The first-order chi connectivity index (χ1) is 13.1. The van der Waals surface area contributed by atoms with Crippen LogP contribution in [0.15, 0.2) is 48.4 Å². The number of rotatable bonds is 4. The predicted molar refractivity (Wildman–Crippen MR) is 104 cm³/mol. The molecule has 7 nitrogen and oxygen atoms in total. The van der Waals surface area contributed by atoms with Gasteiger partial charge < -0.3 is 15.1 Å². The number of amides is 1. The Morgan fingerprint density at radius 2 is 1.96 bits per heavy atom. The Bertz CT molecular complexity index is 885. The van der Waals surface area contributed by atoms with E-state index in [9.17, 15) is 10.1 Å². The molecule has 27 heavy (non-hydrogen) atoms. The standard InChI is InChI=1S/C19H19ClN6O/c1-14-3-4-16(20)11-17(14)24-18(27)15(12-21)13-25-7-9-26(10-8-25)19-22-5-2-6-23-19/h2-6,11,13H,7-10H2,1H3,(H,24,27)/b15-13-. The fraction of sp³-hybridized carbons (Fsp3) is 0.263. The van der Waals surface area contributed by atoms with E-state index in [-0.39, 0.29) is 5.57 Å². The zero-order chi connectivity index (χ0) is 19.2. The molecule has 1 aromatic carbocycles. The molecule has 0 aliphatic carbocycles. The van der Waals surface area contributed by atoms with Crippen molar-refractivity contribution < 1.29 is 4.79 Å². The van der Waals surface area contributed by atoms with Gasteiger partial charge in [0.05, 0.1) is 0 Å². The van der Waals surface area contributed by atoms with Gasteiger partial charge in [0.25, 0.3) is 5.91 Å². The molecule has 1 saturated heterocycles. The van der Waals surface area contributed by atoms with Crippen LogP contribution in [0.5, 0.6) is 0 Å². The molecule has 1 fully saturated rings. The number of anilines is 2. The van der Waals surface area contributed by atoms with Crippen LogP contribution in [0.4, 0.5) is 11.6 Å². The van der Waals surface area contributed by atoms with Gasteiger partial charge in [0.1, 0.15) is 11.6 Å². The third-order valence-corrected chi connectivity index (χ3v) is 4.51. The monoisotopic (exact) mass is 382 g/mol. The highest BCUT2D eigenvalue weighted by Crippen LogP contribution is 2.21. The van der Waals surface area contributed by atoms with E-state index in [1.165, 1.54) is 0 Å². The number of benzene rings is 1. The van der Waals surface area contributed by atoms with Crippen molar-refractivity contribution in [2.24, 2.45) is 0 Å². The first-order valence-corrected chi connectivity index (χ1v) is 8.90. The number of piperazine rings is 1. The summed E-state index contributed by atoms with van der Waals surface area (Å²) in [5.41, 5.74) is 1.53. The topological polar surface area (TPSA) is 85.2 Å². The Labute approximate surface area is 162 Å². The largest absolute Gasteiger partial charge is 0.373 e. The second-order valence-electron chi connectivity index (χ2n) is 6.14. The van der Waals surface area contributed by atoms with Crippen LogP contribution in [0.1, 0.15) is 5.56 Å². The lowest BCUT2D eigenvalue weighted by Gasteiger charge is -2.34. The molecule has 0 unspecified atom stereocenters. The highest BCUT2D eigenvalue weighted by Gasteiger charge is 2.19. The Balaban J connectivity index is 1.64. The molecule has 2 aromatic rings. The third-order valence-electron chi connectivity index (χ3n) is 4.27. The summed E-state index contributed by atoms with van der Waals surface area (Å²) in [7, 11) is 0. The van der Waals surface area contributed by atoms with Crippen molar-refractivity contribution in [1.82, 2.24) is 14.9 Å². The van der Waals surface area contributed by atoms with Crippen molar-refractivity contribution in [3.8, 4) is 6.07 Å². The lowest BCUT2D eigenvalue weighted by molar-refractivity contribution is -0.112. The number of halogens is 1. The number of nitriles is 1. The molecule has 3 rings (SSSR count). The van der Waals surface area contributed by atoms with Crippen LogP contribution in [0.3, 0.4) is 0 Å². The number of nitrogens with zero attached hydrogens (tertiary/aromatic N) is 5. The number of hydrogen-bond donors (Lipinski definition) is 1. The van der Waals surface area contributed by atoms with Crippen molar-refractivity contribution in [2.45, 2.75) is 6.92 Å². The summed E-state index contributed by atoms with van der Waals surface area (Å²) in [5, 5.41) is 12.7. The maximum atomic E-state index is 12.5. The summed E-state index contributed by atoms with van der Waals surface area (Å²) in [4.78, 5) is 25.0. The van der Waals surface area contributed by atoms with Crippen LogP contribution < -0.4 is 10.2 Å². The fourth-order valence-corrected chi connectivity index (χ4v) is 2.92. The van der Waals surface area contributed by atoms with Gasteiger partial charge in [-0.1, -0.05) is 17.7 Å². The van der Waals surface area contributed by atoms with Crippen LogP contribution in [0, 0.1) is 18.3 Å². The van der Waals surface area contributed by atoms with Crippen molar-refractivity contribution in [3.63, 3.8) is 0 Å². The molecule has 1 aromatic heterocycles. The number of aryl methyl sites for hydroxylation is 1. The molecule has 138 valence electrons. The Hall–Kier alpha value is -3.11. The van der Waals surface area contributed by atoms with E-state index in [0.29, 0.717) is 42.8 Å². The lowest BCUT2D eigenvalue weighted by atomic mass is 10.2. The van der Waals surface area contributed by atoms with Gasteiger partial charge in [0.15, 0.2) is 0 Å². The van der Waals surface area contributed by atoms with Gasteiger partial charge in [-0.2, -0.15) is 5.26 Å². The summed E-state index contributed by atoms with van der Waals surface area (Å²) in [5.74, 6) is 0.243. The van der Waals surface area contributed by atoms with E-state index in [1.54, 1.807) is 36.8 Å². The maximum Gasteiger partial charge on any atom is 0.267 e. The molecule has 0 bridgehead atoms. The molecule has 2 heterocycles. The van der Waals surface area contributed by atoms with E-state index in [4.69, 9.17) is 11.6 Å². The van der Waals surface area contributed by atoms with Crippen LogP contribution in [0.2, 0.25) is 5.02 Å². The highest BCUT2D eigenvalue weighted by molar-refractivity contribution is 6.31.